The van der Waals surface area contributed by atoms with E-state index in [-0.39, 0.29) is 16.9 Å². The largest absolute Gasteiger partial charge is 0.459 e. The van der Waals surface area contributed by atoms with Crippen LogP contribution in [-0.2, 0) is 16.1 Å². The van der Waals surface area contributed by atoms with Crippen LogP contribution in [0.25, 0.3) is 0 Å². The van der Waals surface area contributed by atoms with Crippen LogP contribution in [0.4, 0.5) is 0 Å². The van der Waals surface area contributed by atoms with Crippen molar-refractivity contribution in [1.29, 1.82) is 0 Å². The number of rotatable bonds is 2. The number of hydrogen-bond acceptors (Lipinski definition) is 4. The van der Waals surface area contributed by atoms with Crippen LogP contribution in [0.2, 0.25) is 10.3 Å². The Balaban J connectivity index is 2.87. The number of halogens is 2. The van der Waals surface area contributed by atoms with Gasteiger partial charge in [0.1, 0.15) is 12.3 Å². The lowest BCUT2D eigenvalue weighted by atomic mass is 10.4. The highest BCUT2D eigenvalue weighted by Gasteiger charge is 2.09. The maximum absolute atomic E-state index is 10.5. The van der Waals surface area contributed by atoms with Gasteiger partial charge in [0.2, 0.25) is 0 Å². The highest BCUT2D eigenvalue weighted by atomic mass is 35.5. The van der Waals surface area contributed by atoms with Crippen LogP contribution in [0, 0.1) is 6.92 Å². The van der Waals surface area contributed by atoms with E-state index in [1.807, 2.05) is 0 Å². The van der Waals surface area contributed by atoms with Gasteiger partial charge in [-0.25, -0.2) is 9.97 Å². The molecule has 0 spiro atoms. The Labute approximate surface area is 91.2 Å². The van der Waals surface area contributed by atoms with Gasteiger partial charge in [-0.3, -0.25) is 4.79 Å². The molecule has 0 saturated heterocycles. The molecule has 0 amide bonds. The molecule has 1 rings (SSSR count). The predicted molar refractivity (Wildman–Crippen MR) is 52.3 cm³/mol. The van der Waals surface area contributed by atoms with Crippen molar-refractivity contribution in [3.8, 4) is 0 Å². The molecule has 0 radical (unpaired) electrons. The first-order valence-electron chi connectivity index (χ1n) is 3.82. The molecule has 0 bridgehead atoms. The van der Waals surface area contributed by atoms with Crippen molar-refractivity contribution in [3.63, 3.8) is 0 Å². The number of carbonyl (C=O) groups excluding carboxylic acids is 1. The minimum atomic E-state index is -0.403. The molecular weight excluding hydrogens is 227 g/mol. The molecule has 4 nitrogen and oxygen atoms in total. The van der Waals surface area contributed by atoms with E-state index in [9.17, 15) is 4.79 Å². The number of esters is 1. The van der Waals surface area contributed by atoms with Gasteiger partial charge in [-0.05, 0) is 6.92 Å². The molecule has 0 aliphatic rings. The quantitative estimate of drug-likeness (QED) is 0.737. The van der Waals surface area contributed by atoms with Gasteiger partial charge in [0.05, 0.1) is 5.69 Å². The highest BCUT2D eigenvalue weighted by Crippen LogP contribution is 2.17. The minimum Gasteiger partial charge on any atom is -0.459 e. The molecule has 0 aliphatic carbocycles. The molecule has 0 aromatic carbocycles. The molecule has 0 saturated carbocycles. The molecule has 0 N–H and O–H groups in total. The number of carbonyl (C=O) groups is 1. The van der Waals surface area contributed by atoms with Crippen molar-refractivity contribution in [1.82, 2.24) is 9.97 Å². The topological polar surface area (TPSA) is 52.1 Å². The summed E-state index contributed by atoms with van der Waals surface area (Å²) in [5, 5.41) is 0.463. The Morgan fingerprint density at radius 1 is 1.36 bits per heavy atom. The first-order chi connectivity index (χ1) is 6.50. The number of hydrogen-bond donors (Lipinski definition) is 0. The van der Waals surface area contributed by atoms with E-state index < -0.39 is 5.97 Å². The van der Waals surface area contributed by atoms with Crippen LogP contribution in [0.5, 0.6) is 0 Å². The molecule has 0 aliphatic heterocycles. The number of aromatic nitrogens is 2. The van der Waals surface area contributed by atoms with Crippen LogP contribution in [-0.4, -0.2) is 15.9 Å². The monoisotopic (exact) mass is 234 g/mol. The fourth-order valence-electron chi connectivity index (χ4n) is 0.765. The van der Waals surface area contributed by atoms with Gasteiger partial charge in [-0.2, -0.15) is 0 Å². The average Bonchev–Trinajstić information content (AvgIpc) is 2.09. The maximum atomic E-state index is 10.5. The average molecular weight is 235 g/mol. The Kier molecular flexibility index (Phi) is 3.66. The molecule has 1 aromatic rings. The van der Waals surface area contributed by atoms with Crippen LogP contribution < -0.4 is 0 Å². The smallest absolute Gasteiger partial charge is 0.303 e. The normalized spacial score (nSPS) is 10.0. The summed E-state index contributed by atoms with van der Waals surface area (Å²) in [6, 6.07) is 0. The predicted octanol–water partition coefficient (Wildman–Crippen LogP) is 2.15. The zero-order valence-corrected chi connectivity index (χ0v) is 9.19. The Morgan fingerprint density at radius 3 is 2.57 bits per heavy atom. The van der Waals surface area contributed by atoms with Crippen LogP contribution >= 0.6 is 23.2 Å². The van der Waals surface area contributed by atoms with E-state index in [0.29, 0.717) is 11.4 Å². The van der Waals surface area contributed by atoms with E-state index in [1.54, 1.807) is 6.92 Å². The number of nitrogens with zero attached hydrogens (tertiary/aromatic N) is 2. The van der Waals surface area contributed by atoms with E-state index >= 15 is 0 Å². The second kappa shape index (κ2) is 4.57. The molecular formula is C8H8Cl2N2O2. The maximum Gasteiger partial charge on any atom is 0.303 e. The van der Waals surface area contributed by atoms with E-state index in [2.05, 4.69) is 9.97 Å². The molecule has 1 heterocycles. The van der Waals surface area contributed by atoms with Gasteiger partial charge < -0.3 is 4.74 Å². The summed E-state index contributed by atoms with van der Waals surface area (Å²) in [6.45, 7) is 2.98. The summed E-state index contributed by atoms with van der Waals surface area (Å²) in [7, 11) is 0. The molecule has 0 unspecified atom stereocenters. The van der Waals surface area contributed by atoms with Gasteiger partial charge >= 0.3 is 5.97 Å². The van der Waals surface area contributed by atoms with Crippen molar-refractivity contribution in [2.75, 3.05) is 0 Å². The molecule has 0 atom stereocenters. The van der Waals surface area contributed by atoms with Gasteiger partial charge in [-0.1, -0.05) is 23.2 Å². The van der Waals surface area contributed by atoms with Crippen molar-refractivity contribution in [2.45, 2.75) is 20.5 Å². The fraction of sp³-hybridized carbons (Fsp3) is 0.375. The third kappa shape index (κ3) is 2.82. The molecule has 1 aromatic heterocycles. The molecule has 0 fully saturated rings. The lowest BCUT2D eigenvalue weighted by molar-refractivity contribution is -0.142. The van der Waals surface area contributed by atoms with Crippen LogP contribution in [0.3, 0.4) is 0 Å². The van der Waals surface area contributed by atoms with Gasteiger partial charge in [0.15, 0.2) is 10.3 Å². The zero-order valence-electron chi connectivity index (χ0n) is 7.67. The van der Waals surface area contributed by atoms with Crippen LogP contribution in [0.15, 0.2) is 0 Å². The SMILES string of the molecule is CC(=O)OCc1nc(Cl)c(C)nc1Cl. The fourth-order valence-corrected chi connectivity index (χ4v) is 1.13. The third-order valence-electron chi connectivity index (χ3n) is 1.45. The molecule has 14 heavy (non-hydrogen) atoms. The number of ether oxygens (including phenoxy) is 1. The van der Waals surface area contributed by atoms with E-state index in [4.69, 9.17) is 27.9 Å². The van der Waals surface area contributed by atoms with Gasteiger partial charge in [-0.15, -0.1) is 0 Å². The second-order valence-corrected chi connectivity index (χ2v) is 3.33. The first-order valence-corrected chi connectivity index (χ1v) is 4.58. The lowest BCUT2D eigenvalue weighted by Crippen LogP contribution is -2.03. The zero-order chi connectivity index (χ0) is 10.7. The summed E-state index contributed by atoms with van der Waals surface area (Å²) in [4.78, 5) is 18.4. The summed E-state index contributed by atoms with van der Waals surface area (Å²) < 4.78 is 4.72. The van der Waals surface area contributed by atoms with Gasteiger partial charge in [0.25, 0.3) is 0 Å². The van der Waals surface area contributed by atoms with E-state index in [0.717, 1.165) is 0 Å². The summed E-state index contributed by atoms with van der Waals surface area (Å²) >= 11 is 11.5. The third-order valence-corrected chi connectivity index (χ3v) is 2.11. The Bertz CT molecular complexity index is 369. The van der Waals surface area contributed by atoms with Crippen molar-refractivity contribution >= 4 is 29.2 Å². The lowest BCUT2D eigenvalue weighted by Gasteiger charge is -2.04. The summed E-state index contributed by atoms with van der Waals surface area (Å²) in [6.07, 6.45) is 0. The van der Waals surface area contributed by atoms with Crippen molar-refractivity contribution in [3.05, 3.63) is 21.7 Å². The Morgan fingerprint density at radius 2 is 2.00 bits per heavy atom. The molecule has 76 valence electrons. The van der Waals surface area contributed by atoms with Crippen molar-refractivity contribution in [2.24, 2.45) is 0 Å². The number of aryl methyl sites for hydroxylation is 1. The van der Waals surface area contributed by atoms with E-state index in [1.165, 1.54) is 6.92 Å². The van der Waals surface area contributed by atoms with Crippen LogP contribution in [0.1, 0.15) is 18.3 Å². The first kappa shape index (κ1) is 11.2. The second-order valence-electron chi connectivity index (χ2n) is 2.62. The minimum absolute atomic E-state index is 0.0127. The standard InChI is InChI=1S/C8H8Cl2N2O2/c1-4-7(9)12-6(8(10)11-4)3-14-5(2)13/h3H2,1-2H3. The Hall–Kier alpha value is -0.870. The summed E-state index contributed by atoms with van der Waals surface area (Å²) in [5.74, 6) is -0.403. The summed E-state index contributed by atoms with van der Waals surface area (Å²) in [5.41, 5.74) is 0.903. The molecule has 6 heteroatoms. The van der Waals surface area contributed by atoms with Gasteiger partial charge in [0, 0.05) is 6.92 Å². The van der Waals surface area contributed by atoms with Crippen molar-refractivity contribution < 1.29 is 9.53 Å². The highest BCUT2D eigenvalue weighted by molar-refractivity contribution is 6.31.